The molecule has 0 aromatic rings. The van der Waals surface area contributed by atoms with E-state index in [9.17, 15) is 14.7 Å². The van der Waals surface area contributed by atoms with E-state index in [1.54, 1.807) is 0 Å². The van der Waals surface area contributed by atoms with Gasteiger partial charge in [-0.25, -0.2) is 0 Å². The highest BCUT2D eigenvalue weighted by Crippen LogP contribution is 2.07. The average Bonchev–Trinajstić information content (AvgIpc) is 2.60. The summed E-state index contributed by atoms with van der Waals surface area (Å²) in [5.41, 5.74) is 4.98. The number of rotatable bonds is 13. The van der Waals surface area contributed by atoms with Gasteiger partial charge < -0.3 is 15.7 Å². The molecule has 0 aliphatic heterocycles. The zero-order valence-electron chi connectivity index (χ0n) is 19.1. The van der Waals surface area contributed by atoms with Gasteiger partial charge in [-0.2, -0.15) is 0 Å². The number of carbonyl (C=O) groups excluding carboxylic acids is 2. The number of aliphatic hydroxyl groups excluding tert-OH is 1. The topological polar surface area (TPSA) is 78.4 Å². The Balaban J connectivity index is 4.13. The molecule has 5 heteroatoms. The van der Waals surface area contributed by atoms with Crippen LogP contribution in [0.5, 0.6) is 0 Å². The molecule has 2 amide bonds. The molecule has 0 bridgehead atoms. The fourth-order valence-corrected chi connectivity index (χ4v) is 2.50. The lowest BCUT2D eigenvalue weighted by Gasteiger charge is -2.10. The van der Waals surface area contributed by atoms with Crippen molar-refractivity contribution in [2.24, 2.45) is 0 Å². The zero-order valence-corrected chi connectivity index (χ0v) is 19.1. The van der Waals surface area contributed by atoms with Gasteiger partial charge in [0.25, 0.3) is 0 Å². The minimum Gasteiger partial charge on any atom is -0.383 e. The Kier molecular flexibility index (Phi) is 14.6. The lowest BCUT2D eigenvalue weighted by Crippen LogP contribution is -2.38. The van der Waals surface area contributed by atoms with Gasteiger partial charge in [0.15, 0.2) is 0 Å². The molecule has 0 heterocycles. The van der Waals surface area contributed by atoms with Crippen molar-refractivity contribution in [1.82, 2.24) is 10.6 Å². The molecule has 0 aromatic carbocycles. The van der Waals surface area contributed by atoms with Gasteiger partial charge in [-0.3, -0.25) is 9.59 Å². The van der Waals surface area contributed by atoms with Crippen molar-refractivity contribution < 1.29 is 14.7 Å². The van der Waals surface area contributed by atoms with Gasteiger partial charge in [0, 0.05) is 13.1 Å². The van der Waals surface area contributed by atoms with Crippen molar-refractivity contribution in [1.29, 1.82) is 0 Å². The first-order valence-corrected chi connectivity index (χ1v) is 10.4. The number of carbonyl (C=O) groups is 2. The summed E-state index contributed by atoms with van der Waals surface area (Å²) in [6, 6.07) is 0. The second-order valence-electron chi connectivity index (χ2n) is 8.01. The second kappa shape index (κ2) is 15.7. The van der Waals surface area contributed by atoms with Crippen molar-refractivity contribution in [2.75, 3.05) is 13.1 Å². The molecule has 0 spiro atoms. The molecule has 164 valence electrons. The fourth-order valence-electron chi connectivity index (χ4n) is 2.50. The summed E-state index contributed by atoms with van der Waals surface area (Å²) in [6.07, 6.45) is 10.5. The maximum absolute atomic E-state index is 11.9. The van der Waals surface area contributed by atoms with E-state index in [-0.39, 0.29) is 12.3 Å². The SMILES string of the molecule is CC(C)=CCC/C(C)=C/CNC(=O)CC(O)C(=O)NC/C=C(\C)CCC=C(C)C. The second-order valence-corrected chi connectivity index (χ2v) is 8.01. The molecule has 5 nitrogen and oxygen atoms in total. The summed E-state index contributed by atoms with van der Waals surface area (Å²) in [7, 11) is 0. The molecular weight excluding hydrogens is 364 g/mol. The van der Waals surface area contributed by atoms with Crippen LogP contribution in [0, 0.1) is 0 Å². The highest BCUT2D eigenvalue weighted by atomic mass is 16.3. The van der Waals surface area contributed by atoms with Crippen LogP contribution < -0.4 is 10.6 Å². The molecule has 0 aliphatic rings. The van der Waals surface area contributed by atoms with Gasteiger partial charge >= 0.3 is 0 Å². The quantitative estimate of drug-likeness (QED) is 0.399. The van der Waals surface area contributed by atoms with E-state index in [1.165, 1.54) is 22.3 Å². The van der Waals surface area contributed by atoms with Crippen molar-refractivity contribution in [3.8, 4) is 0 Å². The summed E-state index contributed by atoms with van der Waals surface area (Å²) < 4.78 is 0. The third kappa shape index (κ3) is 16.5. The van der Waals surface area contributed by atoms with Crippen molar-refractivity contribution in [2.45, 2.75) is 79.8 Å². The van der Waals surface area contributed by atoms with E-state index in [0.717, 1.165) is 25.7 Å². The number of amides is 2. The lowest BCUT2D eigenvalue weighted by molar-refractivity contribution is -0.134. The maximum Gasteiger partial charge on any atom is 0.249 e. The van der Waals surface area contributed by atoms with E-state index in [2.05, 4.69) is 50.5 Å². The van der Waals surface area contributed by atoms with Gasteiger partial charge in [-0.1, -0.05) is 46.6 Å². The first-order valence-electron chi connectivity index (χ1n) is 10.4. The monoisotopic (exact) mass is 404 g/mol. The molecular formula is C24H40N2O3. The molecule has 0 saturated heterocycles. The molecule has 0 saturated carbocycles. The van der Waals surface area contributed by atoms with Crippen LogP contribution in [0.1, 0.15) is 73.6 Å². The molecule has 3 N–H and O–H groups in total. The predicted molar refractivity (Wildman–Crippen MR) is 121 cm³/mol. The van der Waals surface area contributed by atoms with Crippen molar-refractivity contribution in [3.63, 3.8) is 0 Å². The van der Waals surface area contributed by atoms with Crippen LogP contribution >= 0.6 is 0 Å². The van der Waals surface area contributed by atoms with E-state index < -0.39 is 12.0 Å². The normalized spacial score (nSPS) is 12.8. The van der Waals surface area contributed by atoms with Gasteiger partial charge in [-0.05, 0) is 67.2 Å². The van der Waals surface area contributed by atoms with Crippen molar-refractivity contribution >= 4 is 11.8 Å². The number of aliphatic hydroxyl groups is 1. The van der Waals surface area contributed by atoms with Crippen LogP contribution in [0.2, 0.25) is 0 Å². The summed E-state index contributed by atoms with van der Waals surface area (Å²) in [4.78, 5) is 23.8. The van der Waals surface area contributed by atoms with E-state index in [1.807, 2.05) is 26.0 Å². The molecule has 0 fully saturated rings. The third-order valence-corrected chi connectivity index (χ3v) is 4.34. The highest BCUT2D eigenvalue weighted by molar-refractivity contribution is 5.87. The number of hydrogen-bond donors (Lipinski definition) is 3. The smallest absolute Gasteiger partial charge is 0.249 e. The highest BCUT2D eigenvalue weighted by Gasteiger charge is 2.17. The minimum absolute atomic E-state index is 0.236. The fraction of sp³-hybridized carbons (Fsp3) is 0.583. The van der Waals surface area contributed by atoms with Gasteiger partial charge in [-0.15, -0.1) is 0 Å². The van der Waals surface area contributed by atoms with Crippen LogP contribution in [0.3, 0.4) is 0 Å². The van der Waals surface area contributed by atoms with Gasteiger partial charge in [0.05, 0.1) is 6.42 Å². The van der Waals surface area contributed by atoms with E-state index in [4.69, 9.17) is 0 Å². The minimum atomic E-state index is -1.34. The van der Waals surface area contributed by atoms with Crippen LogP contribution in [-0.2, 0) is 9.59 Å². The lowest BCUT2D eigenvalue weighted by atomic mass is 10.1. The Morgan fingerprint density at radius 2 is 1.21 bits per heavy atom. The Morgan fingerprint density at radius 1 is 0.759 bits per heavy atom. The molecule has 0 aliphatic carbocycles. The predicted octanol–water partition coefficient (Wildman–Crippen LogP) is 4.36. The Labute approximate surface area is 177 Å². The summed E-state index contributed by atoms with van der Waals surface area (Å²) in [6.45, 7) is 13.1. The summed E-state index contributed by atoms with van der Waals surface area (Å²) >= 11 is 0. The Morgan fingerprint density at radius 3 is 1.66 bits per heavy atom. The number of nitrogens with one attached hydrogen (secondary N) is 2. The summed E-state index contributed by atoms with van der Waals surface area (Å²) in [5.74, 6) is -0.864. The van der Waals surface area contributed by atoms with Crippen LogP contribution in [0.15, 0.2) is 46.6 Å². The maximum atomic E-state index is 11.9. The first-order chi connectivity index (χ1) is 13.6. The van der Waals surface area contributed by atoms with E-state index in [0.29, 0.717) is 13.1 Å². The zero-order chi connectivity index (χ0) is 22.2. The van der Waals surface area contributed by atoms with Gasteiger partial charge in [0.1, 0.15) is 6.10 Å². The first kappa shape index (κ1) is 26.9. The van der Waals surface area contributed by atoms with Gasteiger partial charge in [0.2, 0.25) is 11.8 Å². The van der Waals surface area contributed by atoms with Crippen molar-refractivity contribution in [3.05, 3.63) is 46.6 Å². The number of allylic oxidation sites excluding steroid dienone is 6. The van der Waals surface area contributed by atoms with E-state index >= 15 is 0 Å². The van der Waals surface area contributed by atoms with Crippen LogP contribution in [0.4, 0.5) is 0 Å². The molecule has 1 atom stereocenters. The Bertz CT molecular complexity index is 635. The molecule has 0 radical (unpaired) electrons. The third-order valence-electron chi connectivity index (χ3n) is 4.34. The average molecular weight is 405 g/mol. The molecule has 0 rings (SSSR count). The molecule has 1 unspecified atom stereocenters. The Hall–Kier alpha value is -2.14. The standard InChI is InChI=1S/C24H40N2O3/c1-18(2)9-7-11-20(5)13-15-25-23(28)17-22(27)24(29)26-16-14-21(6)12-8-10-19(3)4/h9-10,13-14,22,27H,7-8,11-12,15-17H2,1-6H3,(H,25,28)(H,26,29)/b20-13+,21-14+. The van der Waals surface area contributed by atoms with Crippen LogP contribution in [-0.4, -0.2) is 36.1 Å². The summed E-state index contributed by atoms with van der Waals surface area (Å²) in [5, 5.41) is 15.3. The molecule has 29 heavy (non-hydrogen) atoms. The number of hydrogen-bond acceptors (Lipinski definition) is 3. The molecule has 0 aromatic heterocycles. The van der Waals surface area contributed by atoms with Crippen LogP contribution in [0.25, 0.3) is 0 Å². The largest absolute Gasteiger partial charge is 0.383 e.